The van der Waals surface area contributed by atoms with Crippen molar-refractivity contribution in [3.63, 3.8) is 0 Å². The number of nitrogens with one attached hydrogen (secondary N) is 10. The lowest BCUT2D eigenvalue weighted by molar-refractivity contribution is -0.136. The van der Waals surface area contributed by atoms with Crippen molar-refractivity contribution in [3.8, 4) is 5.75 Å². The fourth-order valence-corrected chi connectivity index (χ4v) is 11.4. The van der Waals surface area contributed by atoms with E-state index in [-0.39, 0.29) is 113 Å². The third kappa shape index (κ3) is 31.0. The van der Waals surface area contributed by atoms with E-state index in [1.165, 1.54) is 12.1 Å². The van der Waals surface area contributed by atoms with Crippen LogP contribution in [0.5, 0.6) is 5.75 Å². The molecule has 1 fully saturated rings. The number of aromatic hydroxyl groups is 1. The molecule has 94 heavy (non-hydrogen) atoms. The Bertz CT molecular complexity index is 2920. The molecule has 29 N–H and O–H groups in total. The van der Waals surface area contributed by atoms with Crippen molar-refractivity contribution in [2.24, 2.45) is 72.5 Å². The van der Waals surface area contributed by atoms with Crippen LogP contribution in [-0.4, -0.2) is 193 Å². The predicted octanol–water partition coefficient (Wildman–Crippen LogP) is -6.17. The highest BCUT2D eigenvalue weighted by Gasteiger charge is 2.37. The van der Waals surface area contributed by atoms with Gasteiger partial charge in [0.05, 0.1) is 19.1 Å². The van der Waals surface area contributed by atoms with Crippen LogP contribution in [0.15, 0.2) is 69.6 Å². The van der Waals surface area contributed by atoms with Gasteiger partial charge >= 0.3 is 0 Å². The van der Waals surface area contributed by atoms with Crippen molar-refractivity contribution >= 4 is 104 Å². The molecule has 1 aliphatic rings. The number of aliphatic imine (C=N–C) groups is 3. The van der Waals surface area contributed by atoms with E-state index in [4.69, 9.17) is 51.6 Å². The first-order chi connectivity index (χ1) is 44.7. The molecule has 0 unspecified atom stereocenters. The first-order valence-electron chi connectivity index (χ1n) is 30.6. The quantitative estimate of drug-likeness (QED) is 0.0132. The summed E-state index contributed by atoms with van der Waals surface area (Å²) in [6.07, 6.45) is 1.36. The summed E-state index contributed by atoms with van der Waals surface area (Å²) in [5.74, 6) is -11.2. The number of carbonyl (C=O) groups is 11. The van der Waals surface area contributed by atoms with Crippen molar-refractivity contribution in [2.75, 3.05) is 50.8 Å². The molecular weight excluding hydrogens is 1260 g/mol. The van der Waals surface area contributed by atoms with Gasteiger partial charge in [0.2, 0.25) is 65.0 Å². The largest absolute Gasteiger partial charge is 0.508 e. The number of nitrogens with zero attached hydrogens (tertiary/aromatic N) is 3. The number of benzene rings is 2. The smallest absolute Gasteiger partial charge is 0.244 e. The van der Waals surface area contributed by atoms with Crippen LogP contribution in [0, 0.1) is 5.92 Å². The molecular formula is C58H94N22O12S2. The van der Waals surface area contributed by atoms with Gasteiger partial charge in [-0.15, -0.1) is 0 Å². The Hall–Kier alpha value is -9.16. The molecule has 0 saturated carbocycles. The van der Waals surface area contributed by atoms with Gasteiger partial charge in [0, 0.05) is 37.6 Å². The van der Waals surface area contributed by atoms with E-state index in [1.54, 1.807) is 56.3 Å². The van der Waals surface area contributed by atoms with Crippen LogP contribution in [0.3, 0.4) is 0 Å². The SMILES string of the molecule is CC[C@H](C)[C@@H]1NC(=O)[C@H](CCCN=C(N)N)NC(=O)[C@H](CCCN=C(N)N)NC(=O)[C@@H](NC(=O)[C@H](Cc2ccccc2)NC(=O)CNC(=O)CNC(=O)[C@@H](N)Cc2ccc(O)cc2)CSSC[C@@H](C(=O)N[C@@H](CCCN=C(N)N)C(=O)N[C@@H](CCCCN)C(N)=O)NC1=O. The molecule has 1 saturated heterocycles. The van der Waals surface area contributed by atoms with Gasteiger partial charge in [-0.25, -0.2) is 0 Å². The Morgan fingerprint density at radius 2 is 1.14 bits per heavy atom. The number of unbranched alkanes of at least 4 members (excludes halogenated alkanes) is 1. The standard InChI is InChI=1S/C58H94N22O12S2/c1-3-32(2)46-55(92)79-43(54(91)76-38(15-9-23-68-56(62)63)49(86)74-37(47(61)84)14-7-8-22-59)31-94-93-30-42(53(90)77-39(16-10-24-69-57(64)65)50(87)75-40(51(88)80-46)17-11-25-70-58(66)67)78-52(89)41(27-33-12-5-4-6-13-33)73-45(83)29-71-44(82)28-72-48(85)36(60)26-34-18-20-35(81)21-19-34/h4-6,12-13,18-21,32,36-43,46,81H,3,7-11,14-17,22-31,59-60H2,1-2H3,(H2,61,84)(H,71,82)(H,72,85)(H,73,83)(H,74,86)(H,75,87)(H,76,91)(H,77,90)(H,78,89)(H,79,92)(H,80,88)(H4,62,63,68)(H4,64,65,69)(H4,66,67,70)/t32-,36-,37-,38-,39-,40-,41-,42-,43-,46-/m0/s1. The van der Waals surface area contributed by atoms with E-state index in [2.05, 4.69) is 68.1 Å². The first kappa shape index (κ1) is 79.1. The van der Waals surface area contributed by atoms with Crippen LogP contribution in [0.2, 0.25) is 0 Å². The minimum Gasteiger partial charge on any atom is -0.508 e. The summed E-state index contributed by atoms with van der Waals surface area (Å²) in [6.45, 7) is 2.53. The molecule has 11 amide bonds. The third-order valence-corrected chi connectivity index (χ3v) is 16.9. The van der Waals surface area contributed by atoms with E-state index in [9.17, 15) is 57.8 Å². The molecule has 0 bridgehead atoms. The summed E-state index contributed by atoms with van der Waals surface area (Å²) in [7, 11) is 1.89. The third-order valence-electron chi connectivity index (χ3n) is 14.5. The molecule has 36 heteroatoms. The van der Waals surface area contributed by atoms with E-state index < -0.39 is 138 Å². The van der Waals surface area contributed by atoms with Crippen LogP contribution in [0.4, 0.5) is 0 Å². The van der Waals surface area contributed by atoms with Gasteiger partial charge < -0.3 is 110 Å². The number of nitrogens with two attached hydrogens (primary N) is 9. The molecule has 1 heterocycles. The van der Waals surface area contributed by atoms with Crippen LogP contribution in [0.1, 0.15) is 89.2 Å². The van der Waals surface area contributed by atoms with Crippen LogP contribution in [0.25, 0.3) is 0 Å². The second-order valence-electron chi connectivity index (χ2n) is 22.1. The summed E-state index contributed by atoms with van der Waals surface area (Å²) >= 11 is 0. The van der Waals surface area contributed by atoms with Gasteiger partial charge in [0.25, 0.3) is 0 Å². The monoisotopic (exact) mass is 1350 g/mol. The van der Waals surface area contributed by atoms with Crippen LogP contribution >= 0.6 is 21.6 Å². The summed E-state index contributed by atoms with van der Waals surface area (Å²) in [6, 6.07) is 2.18. The lowest BCUT2D eigenvalue weighted by Gasteiger charge is -2.29. The maximum atomic E-state index is 14.8. The average Bonchev–Trinajstić information content (AvgIpc) is 1.19. The Balaban J connectivity index is 2.11. The molecule has 0 spiro atoms. The molecule has 0 radical (unpaired) electrons. The summed E-state index contributed by atoms with van der Waals surface area (Å²) in [4.78, 5) is 166. The number of hydrogen-bond donors (Lipinski definition) is 20. The molecule has 2 aromatic carbocycles. The number of hydrogen-bond acceptors (Lipinski definition) is 19. The van der Waals surface area contributed by atoms with E-state index >= 15 is 0 Å². The summed E-state index contributed by atoms with van der Waals surface area (Å²) < 4.78 is 0. The normalized spacial score (nSPS) is 18.7. The minimum absolute atomic E-state index is 0.00375. The fourth-order valence-electron chi connectivity index (χ4n) is 9.10. The number of rotatable bonds is 35. The highest BCUT2D eigenvalue weighted by molar-refractivity contribution is 8.76. The van der Waals surface area contributed by atoms with Gasteiger partial charge in [-0.05, 0) is 99.9 Å². The summed E-state index contributed by atoms with van der Waals surface area (Å²) in [5, 5.41) is 35.8. The predicted molar refractivity (Wildman–Crippen MR) is 358 cm³/mol. The number of primary amides is 1. The second kappa shape index (κ2) is 42.9. The lowest BCUT2D eigenvalue weighted by Crippen LogP contribution is -2.61. The zero-order valence-corrected chi connectivity index (χ0v) is 54.5. The van der Waals surface area contributed by atoms with E-state index in [0.29, 0.717) is 36.9 Å². The molecule has 1 aliphatic heterocycles. The number of guanidine groups is 3. The van der Waals surface area contributed by atoms with Gasteiger partial charge in [-0.1, -0.05) is 84.3 Å². The van der Waals surface area contributed by atoms with Gasteiger partial charge in [-0.3, -0.25) is 67.7 Å². The zero-order chi connectivity index (χ0) is 69.7. The number of amides is 11. The topological polar surface area (TPSA) is 600 Å². The molecule has 3 rings (SSSR count). The molecule has 0 aliphatic carbocycles. The fraction of sp³-hybridized carbons (Fsp3) is 0.552. The number of phenolic OH excluding ortho intramolecular Hbond substituents is 1. The number of carbonyl (C=O) groups excluding carboxylic acids is 11. The Morgan fingerprint density at radius 3 is 1.72 bits per heavy atom. The average molecular weight is 1360 g/mol. The van der Waals surface area contributed by atoms with Crippen molar-refractivity contribution in [1.82, 2.24) is 53.2 Å². The Morgan fingerprint density at radius 1 is 0.585 bits per heavy atom. The number of phenols is 1. The van der Waals surface area contributed by atoms with Crippen LogP contribution in [-0.2, 0) is 65.6 Å². The van der Waals surface area contributed by atoms with Crippen molar-refractivity contribution in [3.05, 3.63) is 65.7 Å². The second-order valence-corrected chi connectivity index (χ2v) is 24.7. The molecule has 10 atom stereocenters. The Labute approximate surface area is 553 Å². The maximum absolute atomic E-state index is 14.8. The van der Waals surface area contributed by atoms with Crippen molar-refractivity contribution in [2.45, 2.75) is 145 Å². The Kier molecular flexibility index (Phi) is 36.1. The minimum atomic E-state index is -1.57. The molecule has 34 nitrogen and oxygen atoms in total. The molecule has 2 aromatic rings. The zero-order valence-electron chi connectivity index (χ0n) is 52.9. The van der Waals surface area contributed by atoms with Gasteiger partial charge in [0.1, 0.15) is 54.1 Å². The highest BCUT2D eigenvalue weighted by atomic mass is 33.1. The highest BCUT2D eigenvalue weighted by Crippen LogP contribution is 2.24. The van der Waals surface area contributed by atoms with Gasteiger partial charge in [-0.2, -0.15) is 0 Å². The summed E-state index contributed by atoms with van der Waals surface area (Å²) in [5.41, 5.74) is 52.0. The molecule has 0 aromatic heterocycles. The molecule has 520 valence electrons. The lowest BCUT2D eigenvalue weighted by atomic mass is 9.97. The van der Waals surface area contributed by atoms with Crippen LogP contribution < -0.4 is 105 Å². The van der Waals surface area contributed by atoms with Crippen molar-refractivity contribution < 1.29 is 57.8 Å². The van der Waals surface area contributed by atoms with E-state index in [1.807, 2.05) is 0 Å². The van der Waals surface area contributed by atoms with Crippen molar-refractivity contribution in [1.29, 1.82) is 0 Å². The van der Waals surface area contributed by atoms with Gasteiger partial charge in [0.15, 0.2) is 17.9 Å². The maximum Gasteiger partial charge on any atom is 0.244 e. The van der Waals surface area contributed by atoms with E-state index in [0.717, 1.165) is 21.6 Å². The first-order valence-corrected chi connectivity index (χ1v) is 33.1.